The Labute approximate surface area is 128 Å². The molecule has 21 heavy (non-hydrogen) atoms. The van der Waals surface area contributed by atoms with Gasteiger partial charge in [-0.05, 0) is 29.9 Å². The number of carboxylic acid groups (broad SMARTS) is 1. The molecule has 1 aromatic heterocycles. The van der Waals surface area contributed by atoms with Crippen LogP contribution in [0.4, 0.5) is 0 Å². The molecule has 3 nitrogen and oxygen atoms in total. The summed E-state index contributed by atoms with van der Waals surface area (Å²) in [5.74, 6) is -0.243. The maximum atomic E-state index is 11.5. The van der Waals surface area contributed by atoms with Crippen LogP contribution in [0.5, 0.6) is 0 Å². The van der Waals surface area contributed by atoms with Crippen molar-refractivity contribution in [1.82, 2.24) is 4.98 Å². The summed E-state index contributed by atoms with van der Waals surface area (Å²) >= 11 is 1.49. The van der Waals surface area contributed by atoms with Gasteiger partial charge in [-0.3, -0.25) is 0 Å². The van der Waals surface area contributed by atoms with Crippen molar-refractivity contribution in [3.8, 4) is 10.4 Å². The molecule has 0 spiro atoms. The molecule has 0 atom stereocenters. The Balaban J connectivity index is 2.03. The van der Waals surface area contributed by atoms with Gasteiger partial charge in [-0.25, -0.2) is 9.78 Å². The highest BCUT2D eigenvalue weighted by atomic mass is 32.1. The minimum atomic E-state index is -0.956. The predicted octanol–water partition coefficient (Wildman–Crippen LogP) is 4.68. The average molecular weight is 301 g/mol. The number of aromatic nitrogens is 1. The molecular formula is C17H19NO2S. The normalized spacial score (nSPS) is 15.2. The molecule has 0 bridgehead atoms. The van der Waals surface area contributed by atoms with Crippen LogP contribution in [0.15, 0.2) is 24.3 Å². The van der Waals surface area contributed by atoms with Crippen LogP contribution in [0.3, 0.4) is 0 Å². The molecule has 0 saturated heterocycles. The van der Waals surface area contributed by atoms with Crippen molar-refractivity contribution in [2.45, 2.75) is 44.9 Å². The van der Waals surface area contributed by atoms with Crippen LogP contribution in [0.1, 0.15) is 60.6 Å². The van der Waals surface area contributed by atoms with E-state index in [0.29, 0.717) is 5.92 Å². The summed E-state index contributed by atoms with van der Waals surface area (Å²) in [6.07, 6.45) is 2.54. The van der Waals surface area contributed by atoms with Crippen molar-refractivity contribution >= 4 is 17.3 Å². The maximum absolute atomic E-state index is 11.5. The third kappa shape index (κ3) is 2.86. The van der Waals surface area contributed by atoms with Gasteiger partial charge in [0.15, 0.2) is 5.69 Å². The summed E-state index contributed by atoms with van der Waals surface area (Å²) in [4.78, 5) is 16.6. The van der Waals surface area contributed by atoms with Crippen molar-refractivity contribution in [2.24, 2.45) is 0 Å². The number of rotatable bonds is 3. The van der Waals surface area contributed by atoms with Crippen LogP contribution in [-0.4, -0.2) is 16.1 Å². The number of thiazole rings is 1. The molecule has 1 aromatic carbocycles. The van der Waals surface area contributed by atoms with E-state index in [0.717, 1.165) is 15.4 Å². The minimum absolute atomic E-state index is 0.138. The number of hydrogen-bond donors (Lipinski definition) is 1. The number of carboxylic acids is 1. The van der Waals surface area contributed by atoms with Gasteiger partial charge in [-0.1, -0.05) is 45.0 Å². The van der Waals surface area contributed by atoms with Crippen LogP contribution >= 0.6 is 11.3 Å². The van der Waals surface area contributed by atoms with Crippen molar-refractivity contribution in [3.05, 3.63) is 40.5 Å². The molecule has 1 aliphatic rings. The van der Waals surface area contributed by atoms with E-state index in [2.05, 4.69) is 37.9 Å². The topological polar surface area (TPSA) is 50.2 Å². The monoisotopic (exact) mass is 301 g/mol. The van der Waals surface area contributed by atoms with Crippen LogP contribution in [0.25, 0.3) is 10.4 Å². The van der Waals surface area contributed by atoms with Gasteiger partial charge in [0.1, 0.15) is 0 Å². The fourth-order valence-electron chi connectivity index (χ4n) is 2.30. The van der Waals surface area contributed by atoms with E-state index in [9.17, 15) is 9.90 Å². The molecule has 1 heterocycles. The van der Waals surface area contributed by atoms with E-state index >= 15 is 0 Å². The van der Waals surface area contributed by atoms with Crippen LogP contribution in [-0.2, 0) is 5.41 Å². The maximum Gasteiger partial charge on any atom is 0.356 e. The fraction of sp³-hybridized carbons (Fsp3) is 0.412. The minimum Gasteiger partial charge on any atom is -0.476 e. The molecular weight excluding hydrogens is 282 g/mol. The first kappa shape index (κ1) is 14.3. The van der Waals surface area contributed by atoms with Gasteiger partial charge in [-0.15, -0.1) is 11.3 Å². The van der Waals surface area contributed by atoms with Gasteiger partial charge in [0.25, 0.3) is 0 Å². The van der Waals surface area contributed by atoms with Gasteiger partial charge in [0, 0.05) is 5.41 Å². The summed E-state index contributed by atoms with van der Waals surface area (Å²) in [5, 5.41) is 10.3. The van der Waals surface area contributed by atoms with Gasteiger partial charge in [-0.2, -0.15) is 0 Å². The molecule has 0 aliphatic heterocycles. The Bertz CT molecular complexity index is 676. The summed E-state index contributed by atoms with van der Waals surface area (Å²) in [5.41, 5.74) is 2.34. The van der Waals surface area contributed by atoms with E-state index in [1.54, 1.807) is 0 Å². The number of carbonyl (C=O) groups is 1. The number of aromatic carboxylic acids is 1. The van der Waals surface area contributed by atoms with E-state index in [-0.39, 0.29) is 11.1 Å². The smallest absolute Gasteiger partial charge is 0.356 e. The molecule has 1 aliphatic carbocycles. The lowest BCUT2D eigenvalue weighted by molar-refractivity contribution is 0.0692. The number of benzene rings is 1. The van der Waals surface area contributed by atoms with E-state index in [1.807, 2.05) is 12.1 Å². The van der Waals surface area contributed by atoms with Crippen molar-refractivity contribution in [1.29, 1.82) is 0 Å². The van der Waals surface area contributed by atoms with E-state index in [1.165, 1.54) is 29.7 Å². The summed E-state index contributed by atoms with van der Waals surface area (Å²) in [6.45, 7) is 6.16. The van der Waals surface area contributed by atoms with Crippen molar-refractivity contribution < 1.29 is 9.90 Å². The predicted molar refractivity (Wildman–Crippen MR) is 85.2 cm³/mol. The first-order valence-corrected chi connectivity index (χ1v) is 8.03. The average Bonchev–Trinajstić information content (AvgIpc) is 3.15. The van der Waals surface area contributed by atoms with Crippen LogP contribution in [0, 0.1) is 0 Å². The van der Waals surface area contributed by atoms with Crippen LogP contribution < -0.4 is 0 Å². The Morgan fingerprint density at radius 3 is 2.33 bits per heavy atom. The lowest BCUT2D eigenvalue weighted by atomic mass is 9.98. The van der Waals surface area contributed by atoms with Gasteiger partial charge in [0.2, 0.25) is 0 Å². The standard InChI is InChI=1S/C17H19NO2S/c1-17(2,3)16-18-13(15(19)20)14(21-16)12-8-6-11(7-9-12)10-4-5-10/h6-10H,4-5H2,1-3H3,(H,19,20). The largest absolute Gasteiger partial charge is 0.476 e. The Hall–Kier alpha value is -1.68. The van der Waals surface area contributed by atoms with E-state index < -0.39 is 5.97 Å². The molecule has 1 N–H and O–H groups in total. The Morgan fingerprint density at radius 1 is 1.24 bits per heavy atom. The summed E-state index contributed by atoms with van der Waals surface area (Å²) < 4.78 is 0. The lowest BCUT2D eigenvalue weighted by Crippen LogP contribution is -2.11. The second kappa shape index (κ2) is 4.95. The van der Waals surface area contributed by atoms with Crippen LogP contribution in [0.2, 0.25) is 0 Å². The SMILES string of the molecule is CC(C)(C)c1nc(C(=O)O)c(-c2ccc(C3CC3)cc2)s1. The second-order valence-corrected chi connectivity index (χ2v) is 7.65. The Morgan fingerprint density at radius 2 is 1.86 bits per heavy atom. The Kier molecular flexibility index (Phi) is 3.36. The highest BCUT2D eigenvalue weighted by Gasteiger charge is 2.26. The molecule has 0 amide bonds. The zero-order chi connectivity index (χ0) is 15.2. The van der Waals surface area contributed by atoms with Crippen molar-refractivity contribution in [3.63, 3.8) is 0 Å². The second-order valence-electron chi connectivity index (χ2n) is 6.65. The molecule has 0 radical (unpaired) electrons. The van der Waals surface area contributed by atoms with E-state index in [4.69, 9.17) is 0 Å². The van der Waals surface area contributed by atoms with Crippen molar-refractivity contribution in [2.75, 3.05) is 0 Å². The lowest BCUT2D eigenvalue weighted by Gasteiger charge is -2.13. The highest BCUT2D eigenvalue weighted by molar-refractivity contribution is 7.15. The molecule has 1 fully saturated rings. The van der Waals surface area contributed by atoms with Gasteiger partial charge in [0.05, 0.1) is 9.88 Å². The number of nitrogens with zero attached hydrogens (tertiary/aromatic N) is 1. The first-order valence-electron chi connectivity index (χ1n) is 7.21. The zero-order valence-corrected chi connectivity index (χ0v) is 13.3. The fourth-order valence-corrected chi connectivity index (χ4v) is 3.42. The summed E-state index contributed by atoms with van der Waals surface area (Å²) in [7, 11) is 0. The molecule has 2 aromatic rings. The molecule has 110 valence electrons. The quantitative estimate of drug-likeness (QED) is 0.895. The molecule has 3 rings (SSSR count). The molecule has 1 saturated carbocycles. The van der Waals surface area contributed by atoms with Gasteiger partial charge >= 0.3 is 5.97 Å². The van der Waals surface area contributed by atoms with Gasteiger partial charge < -0.3 is 5.11 Å². The zero-order valence-electron chi connectivity index (χ0n) is 12.5. The number of hydrogen-bond acceptors (Lipinski definition) is 3. The molecule has 0 unspecified atom stereocenters. The summed E-state index contributed by atoms with van der Waals surface area (Å²) in [6, 6.07) is 8.30. The first-order chi connectivity index (χ1) is 9.86. The third-order valence-electron chi connectivity index (χ3n) is 3.69. The highest BCUT2D eigenvalue weighted by Crippen LogP contribution is 2.41. The molecule has 4 heteroatoms. The third-order valence-corrected chi connectivity index (χ3v) is 5.22.